The summed E-state index contributed by atoms with van der Waals surface area (Å²) in [6, 6.07) is 7.19. The summed E-state index contributed by atoms with van der Waals surface area (Å²) in [7, 11) is 0. The molecule has 1 atom stereocenters. The lowest BCUT2D eigenvalue weighted by atomic mass is 10.0. The van der Waals surface area contributed by atoms with Crippen molar-refractivity contribution in [2.75, 3.05) is 11.9 Å². The number of para-hydroxylation sites is 1. The smallest absolute Gasteiger partial charge is 0.227 e. The van der Waals surface area contributed by atoms with Crippen molar-refractivity contribution in [1.29, 1.82) is 0 Å². The van der Waals surface area contributed by atoms with Crippen LogP contribution in [0.15, 0.2) is 36.7 Å². The van der Waals surface area contributed by atoms with Crippen molar-refractivity contribution in [3.8, 4) is 5.69 Å². The summed E-state index contributed by atoms with van der Waals surface area (Å²) in [6.07, 6.45) is 5.05. The number of nitrogens with one attached hydrogen (secondary N) is 1. The van der Waals surface area contributed by atoms with Gasteiger partial charge in [-0.05, 0) is 37.6 Å². The number of anilines is 1. The van der Waals surface area contributed by atoms with Crippen molar-refractivity contribution in [3.05, 3.63) is 41.7 Å². The van der Waals surface area contributed by atoms with Crippen molar-refractivity contribution in [2.45, 2.75) is 19.8 Å². The van der Waals surface area contributed by atoms with E-state index in [1.54, 1.807) is 35.3 Å². The molecule has 0 radical (unpaired) electrons. The Balaban J connectivity index is 2.21. The maximum absolute atomic E-state index is 12.2. The molecule has 1 amide bonds. The zero-order valence-corrected chi connectivity index (χ0v) is 12.7. The number of hydrogen-bond donors (Lipinski definition) is 2. The lowest BCUT2D eigenvalue weighted by Crippen LogP contribution is -2.22. The van der Waals surface area contributed by atoms with Crippen LogP contribution < -0.4 is 11.1 Å². The predicted octanol–water partition coefficient (Wildman–Crippen LogP) is 2.84. The van der Waals surface area contributed by atoms with Crippen molar-refractivity contribution in [2.24, 2.45) is 11.7 Å². The molecule has 1 aromatic carbocycles. The Morgan fingerprint density at radius 3 is 2.95 bits per heavy atom. The molecule has 1 aromatic heterocycles. The lowest BCUT2D eigenvalue weighted by Gasteiger charge is -2.15. The molecule has 0 spiro atoms. The quantitative estimate of drug-likeness (QED) is 0.862. The van der Waals surface area contributed by atoms with Crippen LogP contribution in [-0.2, 0) is 4.79 Å². The molecular weight excluding hydrogens is 288 g/mol. The van der Waals surface area contributed by atoms with Crippen LogP contribution in [0, 0.1) is 5.92 Å². The first-order chi connectivity index (χ1) is 10.1. The Bertz CT molecular complexity index is 598. The van der Waals surface area contributed by atoms with E-state index < -0.39 is 0 Å². The largest absolute Gasteiger partial charge is 0.330 e. The molecule has 1 unspecified atom stereocenters. The predicted molar refractivity (Wildman–Crippen MR) is 84.7 cm³/mol. The van der Waals surface area contributed by atoms with E-state index in [0.717, 1.165) is 12.8 Å². The van der Waals surface area contributed by atoms with Crippen LogP contribution in [0.2, 0.25) is 5.02 Å². The number of nitrogens with two attached hydrogens (primary N) is 1. The second kappa shape index (κ2) is 7.24. The number of rotatable bonds is 6. The van der Waals surface area contributed by atoms with Crippen LogP contribution in [-0.4, -0.2) is 22.2 Å². The molecule has 2 rings (SSSR count). The minimum atomic E-state index is -0.0991. The number of carbonyl (C=O) groups excluding carboxylic acids is 1. The van der Waals surface area contributed by atoms with E-state index in [9.17, 15) is 4.79 Å². The van der Waals surface area contributed by atoms with Crippen LogP contribution >= 0.6 is 11.6 Å². The topological polar surface area (TPSA) is 72.9 Å². The molecule has 1 heterocycles. The van der Waals surface area contributed by atoms with Gasteiger partial charge < -0.3 is 11.1 Å². The van der Waals surface area contributed by atoms with Gasteiger partial charge in [-0.2, -0.15) is 5.10 Å². The molecule has 0 saturated heterocycles. The summed E-state index contributed by atoms with van der Waals surface area (Å²) in [5.41, 5.74) is 6.80. The van der Waals surface area contributed by atoms with E-state index in [-0.39, 0.29) is 11.8 Å². The minimum absolute atomic E-state index is 0.0425. The van der Waals surface area contributed by atoms with Gasteiger partial charge in [0.05, 0.1) is 10.7 Å². The Kier molecular flexibility index (Phi) is 5.36. The highest BCUT2D eigenvalue weighted by Gasteiger charge is 2.16. The molecule has 0 aliphatic heterocycles. The maximum Gasteiger partial charge on any atom is 0.227 e. The van der Waals surface area contributed by atoms with Crippen LogP contribution in [0.3, 0.4) is 0 Å². The Morgan fingerprint density at radius 2 is 2.29 bits per heavy atom. The van der Waals surface area contributed by atoms with E-state index in [1.807, 2.05) is 13.0 Å². The molecule has 2 aromatic rings. The fraction of sp³-hybridized carbons (Fsp3) is 0.333. The number of nitrogens with zero attached hydrogens (tertiary/aromatic N) is 2. The fourth-order valence-corrected chi connectivity index (χ4v) is 2.32. The number of carbonyl (C=O) groups is 1. The van der Waals surface area contributed by atoms with E-state index in [4.69, 9.17) is 17.3 Å². The highest BCUT2D eigenvalue weighted by atomic mass is 35.5. The number of aromatic nitrogens is 2. The van der Waals surface area contributed by atoms with E-state index in [1.165, 1.54) is 0 Å². The summed E-state index contributed by atoms with van der Waals surface area (Å²) in [4.78, 5) is 12.2. The monoisotopic (exact) mass is 306 g/mol. The molecule has 21 heavy (non-hydrogen) atoms. The van der Waals surface area contributed by atoms with Gasteiger partial charge in [0.1, 0.15) is 5.69 Å². The van der Waals surface area contributed by atoms with Gasteiger partial charge in [-0.3, -0.25) is 4.79 Å². The fourth-order valence-electron chi connectivity index (χ4n) is 2.06. The molecule has 6 heteroatoms. The molecule has 0 saturated carbocycles. The molecule has 0 fully saturated rings. The summed E-state index contributed by atoms with van der Waals surface area (Å²) in [6.45, 7) is 2.48. The third-order valence-electron chi connectivity index (χ3n) is 3.27. The van der Waals surface area contributed by atoms with Crippen molar-refractivity contribution in [1.82, 2.24) is 9.78 Å². The van der Waals surface area contributed by atoms with Gasteiger partial charge in [-0.25, -0.2) is 4.68 Å². The summed E-state index contributed by atoms with van der Waals surface area (Å²) in [5.74, 6) is -0.142. The molecule has 112 valence electrons. The molecule has 0 aliphatic rings. The highest BCUT2D eigenvalue weighted by molar-refractivity contribution is 6.33. The van der Waals surface area contributed by atoms with Crippen molar-refractivity contribution < 1.29 is 4.79 Å². The highest BCUT2D eigenvalue weighted by Crippen LogP contribution is 2.28. The number of benzene rings is 1. The second-order valence-corrected chi connectivity index (χ2v) is 5.32. The van der Waals surface area contributed by atoms with Crippen LogP contribution in [0.1, 0.15) is 19.8 Å². The minimum Gasteiger partial charge on any atom is -0.330 e. The van der Waals surface area contributed by atoms with Gasteiger partial charge in [0.2, 0.25) is 5.91 Å². The Hall–Kier alpha value is -1.85. The number of hydrogen-bond acceptors (Lipinski definition) is 3. The zero-order valence-electron chi connectivity index (χ0n) is 11.9. The normalized spacial score (nSPS) is 12.1. The van der Waals surface area contributed by atoms with Gasteiger partial charge in [0, 0.05) is 18.3 Å². The van der Waals surface area contributed by atoms with Gasteiger partial charge in [0.15, 0.2) is 0 Å². The summed E-state index contributed by atoms with van der Waals surface area (Å²) >= 11 is 6.24. The van der Waals surface area contributed by atoms with Crippen LogP contribution in [0.25, 0.3) is 5.69 Å². The van der Waals surface area contributed by atoms with Crippen molar-refractivity contribution in [3.63, 3.8) is 0 Å². The first kappa shape index (κ1) is 15.5. The number of halogens is 1. The second-order valence-electron chi connectivity index (χ2n) is 4.91. The maximum atomic E-state index is 12.2. The Labute approximate surface area is 129 Å². The first-order valence-electron chi connectivity index (χ1n) is 6.93. The average Bonchev–Trinajstić information content (AvgIpc) is 2.98. The number of amides is 1. The van der Waals surface area contributed by atoms with Gasteiger partial charge in [-0.15, -0.1) is 0 Å². The van der Waals surface area contributed by atoms with Gasteiger partial charge in [0.25, 0.3) is 0 Å². The van der Waals surface area contributed by atoms with Crippen LogP contribution in [0.4, 0.5) is 5.69 Å². The third-order valence-corrected chi connectivity index (χ3v) is 3.57. The lowest BCUT2D eigenvalue weighted by molar-refractivity contribution is -0.119. The molecule has 0 aliphatic carbocycles. The van der Waals surface area contributed by atoms with E-state index >= 15 is 0 Å². The zero-order chi connectivity index (χ0) is 15.2. The summed E-state index contributed by atoms with van der Waals surface area (Å²) < 4.78 is 1.64. The van der Waals surface area contributed by atoms with Crippen molar-refractivity contribution >= 4 is 23.2 Å². The van der Waals surface area contributed by atoms with Gasteiger partial charge >= 0.3 is 0 Å². The molecule has 0 bridgehead atoms. The SMILES string of the molecule is CC(CCCN)C(=O)Nc1cccc(Cl)c1-n1cccn1. The Morgan fingerprint density at radius 1 is 1.48 bits per heavy atom. The molecule has 5 nitrogen and oxygen atoms in total. The third kappa shape index (κ3) is 3.83. The van der Waals surface area contributed by atoms with Gasteiger partial charge in [-0.1, -0.05) is 24.6 Å². The standard InChI is InChI=1S/C15H19ClN4O/c1-11(5-3-8-17)15(21)19-13-7-2-6-12(16)14(13)20-10-4-9-18-20/h2,4,6-7,9-11H,3,5,8,17H2,1H3,(H,19,21). The summed E-state index contributed by atoms with van der Waals surface area (Å²) in [5, 5.41) is 7.63. The van der Waals surface area contributed by atoms with Crippen LogP contribution in [0.5, 0.6) is 0 Å². The molecule has 3 N–H and O–H groups in total. The van der Waals surface area contributed by atoms with E-state index in [0.29, 0.717) is 22.9 Å². The van der Waals surface area contributed by atoms with E-state index in [2.05, 4.69) is 10.4 Å². The first-order valence-corrected chi connectivity index (χ1v) is 7.30. The average molecular weight is 307 g/mol. The molecular formula is C15H19ClN4O.